The van der Waals surface area contributed by atoms with E-state index in [2.05, 4.69) is 362 Å². The van der Waals surface area contributed by atoms with E-state index in [1.165, 1.54) is 228 Å². The largest absolute Gasteiger partial charge is 0.458 e. The molecule has 0 fully saturated rings. The summed E-state index contributed by atoms with van der Waals surface area (Å²) < 4.78 is 7.47. The van der Waals surface area contributed by atoms with Crippen LogP contribution in [0.1, 0.15) is 100 Å². The molecule has 6 nitrogen and oxygen atoms in total. The van der Waals surface area contributed by atoms with Gasteiger partial charge in [-0.1, -0.05) is 173 Å². The molecule has 0 aromatic heterocycles. The first-order valence-corrected chi connectivity index (χ1v) is 39.7. The molecule has 1 N–H and O–H groups in total. The molecule has 0 atom stereocenters. The van der Waals surface area contributed by atoms with Gasteiger partial charge in [-0.05, 0) is 347 Å². The van der Waals surface area contributed by atoms with Crippen molar-refractivity contribution in [1.82, 2.24) is 0 Å². The minimum absolute atomic E-state index is 0.143. The first-order valence-electron chi connectivity index (χ1n) is 39.7. The van der Waals surface area contributed by atoms with E-state index in [1.807, 2.05) is 0 Å². The molecule has 6 aliphatic heterocycles. The van der Waals surface area contributed by atoms with Gasteiger partial charge >= 0.3 is 0 Å². The molecule has 6 heterocycles. The Kier molecular flexibility index (Phi) is 15.3. The molecule has 14 aromatic rings. The van der Waals surface area contributed by atoms with Crippen molar-refractivity contribution in [3.63, 3.8) is 0 Å². The molecule has 111 heavy (non-hydrogen) atoms. The first kappa shape index (κ1) is 68.4. The van der Waals surface area contributed by atoms with Gasteiger partial charge in [0.25, 0.3) is 20.1 Å². The standard InChI is InChI=1S/C102H90B3N5O/c1-54-32-60(7)94(61(8)33-54)72-44-83-97-88(45-72)107(75-26-20-19-21-27-75)84-30-24-22-28-76(84)103(97)78-50-79-85(52-82(78)106-83)108(100-66(13)38-57(4)39-67(100)14)89-46-73(95-62(9)34-55(2)35-63(95)10)47-90-98(89)105(79)81-51-80-86(53-87(81)109(90)101-68(15)40-58(5)41-69(101)16)110(102-70(17)42-59(6)43-71(102)18)91-48-74(96-64(11)36-56(3)37-65(96)12)49-93-99(91)104(80)77-29-23-25-31-92(77)111-93/h19-53,106H,1-18H3. The Balaban J connectivity index is 0.946. The van der Waals surface area contributed by atoms with Gasteiger partial charge in [0.2, 0.25) is 0 Å². The molecule has 0 saturated heterocycles. The zero-order chi connectivity index (χ0) is 76.5. The summed E-state index contributed by atoms with van der Waals surface area (Å²) in [4.78, 5) is 10.7. The van der Waals surface area contributed by atoms with Gasteiger partial charge in [-0.3, -0.25) is 0 Å². The molecular formula is C102H90B3N5O. The SMILES string of the molecule is Cc1cc(C)c(-c2cc3c4c(c2)N(c2ccccc2)c2ccccc2B4c2cc4c(cc2N3)N(c2c(C)cc(C)cc2C)c2cc(-c3c(C)cc(C)cc3C)cc3c2B4c2cc4c(cc2N3c2c(C)cc(C)cc2C)N(c2c(C)cc(C)cc2C)c2cc(-c3c(C)cc(C)cc3C)cc3c2B4c2ccccc2O3)c(C)c1. The Morgan fingerprint density at radius 2 is 0.586 bits per heavy atom. The zero-order valence-corrected chi connectivity index (χ0v) is 67.1. The summed E-state index contributed by atoms with van der Waals surface area (Å²) in [5.74, 6) is 1.78. The van der Waals surface area contributed by atoms with Crippen molar-refractivity contribution in [2.75, 3.05) is 24.9 Å². The van der Waals surface area contributed by atoms with Gasteiger partial charge in [0, 0.05) is 62.6 Å². The van der Waals surface area contributed by atoms with Crippen molar-refractivity contribution < 1.29 is 4.74 Å². The molecule has 0 unspecified atom stereocenters. The molecule has 0 radical (unpaired) electrons. The van der Waals surface area contributed by atoms with Crippen molar-refractivity contribution in [3.05, 3.63) is 312 Å². The zero-order valence-electron chi connectivity index (χ0n) is 67.1. The molecular weight excluding hydrogens is 1340 g/mol. The monoisotopic (exact) mass is 1430 g/mol. The van der Waals surface area contributed by atoms with Gasteiger partial charge in [-0.15, -0.1) is 0 Å². The topological polar surface area (TPSA) is 34.2 Å². The van der Waals surface area contributed by atoms with Crippen LogP contribution in [0.3, 0.4) is 0 Å². The number of fused-ring (bicyclic) bond motifs is 12. The van der Waals surface area contributed by atoms with E-state index in [0.29, 0.717) is 0 Å². The van der Waals surface area contributed by atoms with Crippen LogP contribution in [0, 0.1) is 125 Å². The molecule has 9 heteroatoms. The van der Waals surface area contributed by atoms with Gasteiger partial charge in [0.15, 0.2) is 0 Å². The second kappa shape index (κ2) is 24.8. The van der Waals surface area contributed by atoms with E-state index in [1.54, 1.807) is 0 Å². The Hall–Kier alpha value is -11.9. The highest BCUT2D eigenvalue weighted by atomic mass is 16.5. The fraction of sp³-hybridized carbons (Fsp3) is 0.176. The van der Waals surface area contributed by atoms with Crippen LogP contribution in [-0.2, 0) is 0 Å². The van der Waals surface area contributed by atoms with Crippen molar-refractivity contribution in [1.29, 1.82) is 0 Å². The number of nitrogens with zero attached hydrogens (tertiary/aromatic N) is 4. The number of nitrogens with one attached hydrogen (secondary N) is 1. The van der Waals surface area contributed by atoms with Crippen LogP contribution in [0.5, 0.6) is 11.5 Å². The van der Waals surface area contributed by atoms with Gasteiger partial charge in [0.1, 0.15) is 11.5 Å². The summed E-state index contributed by atoms with van der Waals surface area (Å²) in [5, 5.41) is 4.37. The molecule has 0 aliphatic carbocycles. The Bertz CT molecular complexity index is 6360. The molecule has 0 saturated carbocycles. The quantitative estimate of drug-likeness (QED) is 0.160. The summed E-state index contributed by atoms with van der Waals surface area (Å²) in [7, 11) is 0. The predicted molar refractivity (Wildman–Crippen MR) is 477 cm³/mol. The number of anilines is 14. The second-order valence-corrected chi connectivity index (χ2v) is 33.6. The predicted octanol–water partition coefficient (Wildman–Crippen LogP) is 21.1. The van der Waals surface area contributed by atoms with Crippen molar-refractivity contribution in [2.45, 2.75) is 125 Å². The molecule has 538 valence electrons. The number of rotatable bonds is 7. The Morgan fingerprint density at radius 3 is 1.05 bits per heavy atom. The highest BCUT2D eigenvalue weighted by Crippen LogP contribution is 2.54. The van der Waals surface area contributed by atoms with Gasteiger partial charge in [-0.25, -0.2) is 0 Å². The van der Waals surface area contributed by atoms with E-state index < -0.39 is 0 Å². The van der Waals surface area contributed by atoms with Crippen LogP contribution in [0.2, 0.25) is 0 Å². The van der Waals surface area contributed by atoms with Gasteiger partial charge < -0.3 is 29.7 Å². The summed E-state index contributed by atoms with van der Waals surface area (Å²) in [6.07, 6.45) is 0. The summed E-state index contributed by atoms with van der Waals surface area (Å²) >= 11 is 0. The smallest absolute Gasteiger partial charge is 0.256 e. The van der Waals surface area contributed by atoms with Crippen LogP contribution in [0.25, 0.3) is 33.4 Å². The molecule has 0 spiro atoms. The molecule has 20 rings (SSSR count). The summed E-state index contributed by atoms with van der Waals surface area (Å²) in [6, 6.07) is 83.4. The third-order valence-corrected chi connectivity index (χ3v) is 25.3. The van der Waals surface area contributed by atoms with Crippen molar-refractivity contribution in [3.8, 4) is 44.9 Å². The van der Waals surface area contributed by atoms with E-state index in [4.69, 9.17) is 4.74 Å². The Morgan fingerprint density at radius 1 is 0.234 bits per heavy atom. The number of benzene rings is 14. The maximum Gasteiger partial charge on any atom is 0.256 e. The summed E-state index contributed by atoms with van der Waals surface area (Å²) in [6.45, 7) is 40.6. The maximum absolute atomic E-state index is 7.47. The number of aryl methyl sites for hydroxylation is 18. The number of ether oxygens (including phenoxy) is 1. The van der Waals surface area contributed by atoms with E-state index in [-0.39, 0.29) is 20.1 Å². The lowest BCUT2D eigenvalue weighted by atomic mass is 9.29. The highest BCUT2D eigenvalue weighted by Gasteiger charge is 2.51. The second-order valence-electron chi connectivity index (χ2n) is 33.6. The summed E-state index contributed by atoms with van der Waals surface area (Å²) in [5.41, 5.74) is 57.3. The third-order valence-electron chi connectivity index (χ3n) is 25.3. The fourth-order valence-electron chi connectivity index (χ4n) is 22.0. The first-order chi connectivity index (χ1) is 53.4. The van der Waals surface area contributed by atoms with Crippen LogP contribution in [0.4, 0.5) is 79.6 Å². The van der Waals surface area contributed by atoms with Crippen LogP contribution < -0.4 is 78.8 Å². The van der Waals surface area contributed by atoms with E-state index in [9.17, 15) is 0 Å². The Labute approximate surface area is 656 Å². The lowest BCUT2D eigenvalue weighted by molar-refractivity contribution is 0.487. The molecule has 6 aliphatic rings. The van der Waals surface area contributed by atoms with Crippen LogP contribution in [0.15, 0.2) is 212 Å². The van der Waals surface area contributed by atoms with Gasteiger partial charge in [0.05, 0.1) is 17.1 Å². The highest BCUT2D eigenvalue weighted by molar-refractivity contribution is 7.04. The van der Waals surface area contributed by atoms with Gasteiger partial charge in [-0.2, -0.15) is 0 Å². The fourth-order valence-corrected chi connectivity index (χ4v) is 22.0. The lowest BCUT2D eigenvalue weighted by Gasteiger charge is -2.48. The molecule has 14 aromatic carbocycles. The third kappa shape index (κ3) is 10.2. The number of hydrogen-bond donors (Lipinski definition) is 1. The number of hydrogen-bond acceptors (Lipinski definition) is 6. The van der Waals surface area contributed by atoms with Crippen molar-refractivity contribution >= 4 is 149 Å². The van der Waals surface area contributed by atoms with E-state index in [0.717, 1.165) is 45.5 Å². The van der Waals surface area contributed by atoms with Crippen molar-refractivity contribution in [2.24, 2.45) is 0 Å². The maximum atomic E-state index is 7.47. The lowest BCUT2D eigenvalue weighted by Crippen LogP contribution is -2.66. The minimum atomic E-state index is -0.285. The number of para-hydroxylation sites is 3. The van der Waals surface area contributed by atoms with E-state index >= 15 is 0 Å². The minimum Gasteiger partial charge on any atom is -0.458 e. The normalized spacial score (nSPS) is 13.5. The van der Waals surface area contributed by atoms with Crippen LogP contribution >= 0.6 is 0 Å². The average Bonchev–Trinajstić information content (AvgIpc) is 0.677. The van der Waals surface area contributed by atoms with Crippen LogP contribution in [-0.4, -0.2) is 20.1 Å². The molecule has 0 bridgehead atoms. The average molecular weight is 1430 g/mol. The molecule has 0 amide bonds.